The van der Waals surface area contributed by atoms with Gasteiger partial charge in [-0.3, -0.25) is 9.59 Å². The van der Waals surface area contributed by atoms with Crippen LogP contribution >= 0.6 is 0 Å². The highest BCUT2D eigenvalue weighted by molar-refractivity contribution is 5.97. The van der Waals surface area contributed by atoms with E-state index in [1.165, 1.54) is 0 Å². The van der Waals surface area contributed by atoms with Gasteiger partial charge in [-0.15, -0.1) is 0 Å². The van der Waals surface area contributed by atoms with Crippen molar-refractivity contribution in [3.63, 3.8) is 0 Å². The fourth-order valence-corrected chi connectivity index (χ4v) is 3.13. The van der Waals surface area contributed by atoms with Gasteiger partial charge in [0, 0.05) is 5.69 Å². The zero-order chi connectivity index (χ0) is 15.1. The highest BCUT2D eigenvalue weighted by Gasteiger charge is 2.53. The Morgan fingerprint density at radius 1 is 1.10 bits per heavy atom. The molecule has 1 aromatic rings. The van der Waals surface area contributed by atoms with Gasteiger partial charge in [0.05, 0.1) is 18.1 Å². The summed E-state index contributed by atoms with van der Waals surface area (Å²) in [5, 5.41) is 12.2. The molecule has 0 aromatic heterocycles. The molecule has 0 saturated carbocycles. The number of carboxylic acids is 1. The van der Waals surface area contributed by atoms with Gasteiger partial charge in [0.25, 0.3) is 0 Å². The number of rotatable bonds is 3. The van der Waals surface area contributed by atoms with Crippen LogP contribution in [0.25, 0.3) is 0 Å². The van der Waals surface area contributed by atoms with E-state index in [0.717, 1.165) is 16.8 Å². The number of aliphatic carboxylic acids is 1. The summed E-state index contributed by atoms with van der Waals surface area (Å²) in [6.07, 6.45) is 2.56. The number of carbonyl (C=O) groups excluding carboxylic acids is 1. The van der Waals surface area contributed by atoms with Gasteiger partial charge < -0.3 is 15.2 Å². The lowest BCUT2D eigenvalue weighted by Gasteiger charge is -2.22. The molecule has 4 atom stereocenters. The number of ether oxygens (including phenoxy) is 1. The molecular weight excluding hydrogens is 270 g/mol. The first-order valence-corrected chi connectivity index (χ1v) is 6.92. The fraction of sp³-hybridized carbons (Fsp3) is 0.375. The molecule has 0 aliphatic carbocycles. The van der Waals surface area contributed by atoms with Crippen LogP contribution < -0.4 is 5.32 Å². The monoisotopic (exact) mass is 287 g/mol. The number of amides is 1. The first-order valence-electron chi connectivity index (χ1n) is 6.92. The number of benzene rings is 1. The van der Waals surface area contributed by atoms with Gasteiger partial charge in [-0.1, -0.05) is 30.4 Å². The van der Waals surface area contributed by atoms with E-state index in [4.69, 9.17) is 4.74 Å². The van der Waals surface area contributed by atoms with E-state index in [9.17, 15) is 14.7 Å². The molecule has 1 saturated heterocycles. The first-order chi connectivity index (χ1) is 9.99. The predicted molar refractivity (Wildman–Crippen MR) is 77.0 cm³/mol. The summed E-state index contributed by atoms with van der Waals surface area (Å²) in [5.74, 6) is -2.79. The van der Waals surface area contributed by atoms with Crippen molar-refractivity contribution in [1.82, 2.24) is 0 Å². The molecule has 0 spiro atoms. The molecule has 110 valence electrons. The molecule has 5 heteroatoms. The number of para-hydroxylation sites is 1. The third-order valence-corrected chi connectivity index (χ3v) is 4.22. The van der Waals surface area contributed by atoms with Crippen LogP contribution in [0.1, 0.15) is 11.1 Å². The maximum Gasteiger partial charge on any atom is 0.310 e. The second kappa shape index (κ2) is 5.00. The van der Waals surface area contributed by atoms with E-state index in [2.05, 4.69) is 5.32 Å². The van der Waals surface area contributed by atoms with E-state index in [0.29, 0.717) is 0 Å². The number of hydrogen-bond acceptors (Lipinski definition) is 3. The lowest BCUT2D eigenvalue weighted by molar-refractivity contribution is -0.145. The smallest absolute Gasteiger partial charge is 0.310 e. The lowest BCUT2D eigenvalue weighted by atomic mass is 9.82. The highest BCUT2D eigenvalue weighted by atomic mass is 16.5. The fourth-order valence-electron chi connectivity index (χ4n) is 3.13. The predicted octanol–water partition coefficient (Wildman–Crippen LogP) is 1.90. The Kier molecular flexibility index (Phi) is 3.29. The number of anilines is 1. The van der Waals surface area contributed by atoms with Crippen molar-refractivity contribution in [2.75, 3.05) is 5.32 Å². The second-order valence-electron chi connectivity index (χ2n) is 5.60. The molecule has 1 aromatic carbocycles. The quantitative estimate of drug-likeness (QED) is 0.833. The summed E-state index contributed by atoms with van der Waals surface area (Å²) in [6.45, 7) is 3.82. The maximum absolute atomic E-state index is 12.5. The van der Waals surface area contributed by atoms with Crippen LogP contribution in [0.15, 0.2) is 30.4 Å². The van der Waals surface area contributed by atoms with Gasteiger partial charge in [-0.25, -0.2) is 0 Å². The summed E-state index contributed by atoms with van der Waals surface area (Å²) in [4.78, 5) is 23.9. The van der Waals surface area contributed by atoms with Crippen LogP contribution in [0.4, 0.5) is 5.69 Å². The summed E-state index contributed by atoms with van der Waals surface area (Å²) in [7, 11) is 0. The Morgan fingerprint density at radius 2 is 1.67 bits per heavy atom. The molecule has 2 aliphatic rings. The van der Waals surface area contributed by atoms with E-state index < -0.39 is 30.0 Å². The molecule has 2 aliphatic heterocycles. The van der Waals surface area contributed by atoms with Crippen LogP contribution in [0.2, 0.25) is 0 Å². The Hall–Kier alpha value is -2.14. The van der Waals surface area contributed by atoms with Crippen LogP contribution in [0.5, 0.6) is 0 Å². The summed E-state index contributed by atoms with van der Waals surface area (Å²) in [6, 6.07) is 5.74. The number of carbonyl (C=O) groups is 2. The molecular formula is C16H17NO4. The van der Waals surface area contributed by atoms with E-state index in [-0.39, 0.29) is 5.91 Å². The van der Waals surface area contributed by atoms with Crippen molar-refractivity contribution in [2.45, 2.75) is 26.1 Å². The van der Waals surface area contributed by atoms with Gasteiger partial charge in [-0.05, 0) is 25.0 Å². The molecule has 2 bridgehead atoms. The van der Waals surface area contributed by atoms with Gasteiger partial charge in [0.15, 0.2) is 0 Å². The van der Waals surface area contributed by atoms with Crippen LogP contribution in [0.3, 0.4) is 0 Å². The SMILES string of the molecule is Cc1cccc(C)c1NC(=O)C1C2C=CC(O2)C1C(=O)O. The van der Waals surface area contributed by atoms with Crippen molar-refractivity contribution in [1.29, 1.82) is 0 Å². The van der Waals surface area contributed by atoms with Crippen LogP contribution in [-0.4, -0.2) is 29.2 Å². The van der Waals surface area contributed by atoms with Gasteiger partial charge in [-0.2, -0.15) is 0 Å². The molecule has 2 N–H and O–H groups in total. The lowest BCUT2D eigenvalue weighted by Crippen LogP contribution is -2.39. The van der Waals surface area contributed by atoms with Crippen LogP contribution in [-0.2, 0) is 14.3 Å². The molecule has 2 heterocycles. The summed E-state index contributed by atoms with van der Waals surface area (Å²) < 4.78 is 5.53. The highest BCUT2D eigenvalue weighted by Crippen LogP contribution is 2.40. The summed E-state index contributed by atoms with van der Waals surface area (Å²) >= 11 is 0. The average molecular weight is 287 g/mol. The maximum atomic E-state index is 12.5. The molecule has 21 heavy (non-hydrogen) atoms. The first kappa shape index (κ1) is 13.8. The third-order valence-electron chi connectivity index (χ3n) is 4.22. The Morgan fingerprint density at radius 3 is 2.24 bits per heavy atom. The van der Waals surface area contributed by atoms with Crippen molar-refractivity contribution >= 4 is 17.6 Å². The Balaban J connectivity index is 1.85. The molecule has 1 amide bonds. The normalized spacial score (nSPS) is 29.6. The third kappa shape index (κ3) is 2.23. The van der Waals surface area contributed by atoms with Crippen molar-refractivity contribution < 1.29 is 19.4 Å². The standard InChI is InChI=1S/C16H17NO4/c1-8-4-3-5-9(2)14(8)17-15(18)12-10-6-7-11(21-10)13(12)16(19)20/h3-7,10-13H,1-2H3,(H,17,18)(H,19,20). The van der Waals surface area contributed by atoms with Crippen molar-refractivity contribution in [2.24, 2.45) is 11.8 Å². The second-order valence-corrected chi connectivity index (χ2v) is 5.60. The largest absolute Gasteiger partial charge is 0.481 e. The molecule has 4 unspecified atom stereocenters. The van der Waals surface area contributed by atoms with E-state index in [1.54, 1.807) is 12.2 Å². The minimum Gasteiger partial charge on any atom is -0.481 e. The summed E-state index contributed by atoms with van der Waals surface area (Å²) in [5.41, 5.74) is 2.66. The molecule has 1 fully saturated rings. The van der Waals surface area contributed by atoms with Gasteiger partial charge in [0.2, 0.25) is 5.91 Å². The zero-order valence-electron chi connectivity index (χ0n) is 11.9. The van der Waals surface area contributed by atoms with E-state index in [1.807, 2.05) is 32.0 Å². The number of hydrogen-bond donors (Lipinski definition) is 2. The van der Waals surface area contributed by atoms with E-state index >= 15 is 0 Å². The van der Waals surface area contributed by atoms with Crippen molar-refractivity contribution in [3.8, 4) is 0 Å². The number of nitrogens with one attached hydrogen (secondary N) is 1. The number of aryl methyl sites for hydroxylation is 2. The molecule has 5 nitrogen and oxygen atoms in total. The Labute approximate surface area is 122 Å². The Bertz CT molecular complexity index is 617. The average Bonchev–Trinajstić information content (AvgIpc) is 3.03. The minimum atomic E-state index is -0.992. The molecule has 3 rings (SSSR count). The van der Waals surface area contributed by atoms with Crippen LogP contribution in [0, 0.1) is 25.7 Å². The van der Waals surface area contributed by atoms with Gasteiger partial charge >= 0.3 is 5.97 Å². The number of fused-ring (bicyclic) bond motifs is 2. The number of carboxylic acid groups (broad SMARTS) is 1. The zero-order valence-corrected chi connectivity index (χ0v) is 11.9. The van der Waals surface area contributed by atoms with Gasteiger partial charge in [0.1, 0.15) is 5.92 Å². The topological polar surface area (TPSA) is 75.6 Å². The minimum absolute atomic E-state index is 0.295. The molecule has 0 radical (unpaired) electrons. The van der Waals surface area contributed by atoms with Crippen molar-refractivity contribution in [3.05, 3.63) is 41.5 Å².